The Morgan fingerprint density at radius 1 is 1.50 bits per heavy atom. The van der Waals surface area contributed by atoms with E-state index in [9.17, 15) is 5.11 Å². The molecule has 3 N–H and O–H groups in total. The lowest BCUT2D eigenvalue weighted by atomic mass is 10.0. The molecule has 0 radical (unpaired) electrons. The molecule has 0 saturated carbocycles. The molecule has 1 atom stereocenters. The quantitative estimate of drug-likeness (QED) is 0.626. The lowest BCUT2D eigenvalue weighted by Gasteiger charge is -2.09. The molecule has 1 unspecified atom stereocenters. The van der Waals surface area contributed by atoms with Gasteiger partial charge in [0.1, 0.15) is 0 Å². The minimum absolute atomic E-state index is 0.193. The van der Waals surface area contributed by atoms with E-state index in [1.807, 2.05) is 12.1 Å². The van der Waals surface area contributed by atoms with Crippen molar-refractivity contribution in [2.24, 2.45) is 5.73 Å². The predicted molar refractivity (Wildman–Crippen MR) is 48.4 cm³/mol. The first-order valence-electron chi connectivity index (χ1n) is 3.73. The zero-order valence-electron chi connectivity index (χ0n) is 6.70. The Balaban J connectivity index is 3.07. The highest BCUT2D eigenvalue weighted by molar-refractivity contribution is 5.40. The first-order chi connectivity index (χ1) is 5.79. The van der Waals surface area contributed by atoms with Gasteiger partial charge in [0, 0.05) is 12.1 Å². The van der Waals surface area contributed by atoms with Crippen LogP contribution in [0.2, 0.25) is 0 Å². The minimum atomic E-state index is -0.655. The molecule has 1 aromatic rings. The maximum absolute atomic E-state index is 9.42. The Bertz CT molecular complexity index is 301. The zero-order chi connectivity index (χ0) is 8.97. The van der Waals surface area contributed by atoms with Crippen molar-refractivity contribution >= 4 is 0 Å². The third-order valence-corrected chi connectivity index (χ3v) is 1.70. The molecular formula is C10H11NO. The number of benzene rings is 1. The van der Waals surface area contributed by atoms with E-state index in [2.05, 4.69) is 5.92 Å². The van der Waals surface area contributed by atoms with E-state index >= 15 is 0 Å². The maximum atomic E-state index is 9.42. The van der Waals surface area contributed by atoms with Crippen molar-refractivity contribution in [3.05, 3.63) is 35.4 Å². The summed E-state index contributed by atoms with van der Waals surface area (Å²) in [5.41, 5.74) is 6.74. The lowest BCUT2D eigenvalue weighted by molar-refractivity contribution is 0.186. The van der Waals surface area contributed by atoms with E-state index in [4.69, 9.17) is 12.2 Å². The van der Waals surface area contributed by atoms with Crippen LogP contribution >= 0.6 is 0 Å². The molecule has 62 valence electrons. The van der Waals surface area contributed by atoms with Crippen LogP contribution in [0.3, 0.4) is 0 Å². The van der Waals surface area contributed by atoms with Gasteiger partial charge in [-0.2, -0.15) is 0 Å². The molecule has 0 aliphatic heterocycles. The van der Waals surface area contributed by atoms with Crippen molar-refractivity contribution in [1.82, 2.24) is 0 Å². The Labute approximate surface area is 72.0 Å². The number of aliphatic hydroxyl groups excluding tert-OH is 1. The zero-order valence-corrected chi connectivity index (χ0v) is 6.70. The molecule has 1 aromatic carbocycles. The molecule has 0 bridgehead atoms. The number of aliphatic hydroxyl groups is 1. The van der Waals surface area contributed by atoms with Crippen LogP contribution in [-0.4, -0.2) is 11.7 Å². The van der Waals surface area contributed by atoms with E-state index in [1.54, 1.807) is 12.1 Å². The fourth-order valence-corrected chi connectivity index (χ4v) is 1.05. The second-order valence-electron chi connectivity index (χ2n) is 2.48. The van der Waals surface area contributed by atoms with Crippen LogP contribution in [0.4, 0.5) is 0 Å². The fraction of sp³-hybridized carbons (Fsp3) is 0.200. The van der Waals surface area contributed by atoms with Gasteiger partial charge in [0.25, 0.3) is 0 Å². The topological polar surface area (TPSA) is 46.2 Å². The van der Waals surface area contributed by atoms with Gasteiger partial charge in [-0.05, 0) is 11.6 Å². The first kappa shape index (κ1) is 8.79. The molecule has 1 rings (SSSR count). The number of hydrogen-bond acceptors (Lipinski definition) is 2. The Kier molecular flexibility index (Phi) is 2.87. The molecule has 0 aliphatic carbocycles. The minimum Gasteiger partial charge on any atom is -0.387 e. The van der Waals surface area contributed by atoms with Gasteiger partial charge in [-0.3, -0.25) is 0 Å². The Morgan fingerprint density at radius 2 is 2.17 bits per heavy atom. The van der Waals surface area contributed by atoms with Crippen molar-refractivity contribution in [1.29, 1.82) is 0 Å². The second kappa shape index (κ2) is 3.91. The largest absolute Gasteiger partial charge is 0.387 e. The van der Waals surface area contributed by atoms with Crippen LogP contribution in [0.15, 0.2) is 24.3 Å². The second-order valence-corrected chi connectivity index (χ2v) is 2.48. The maximum Gasteiger partial charge on any atom is 0.0924 e. The summed E-state index contributed by atoms with van der Waals surface area (Å²) in [4.78, 5) is 0. The van der Waals surface area contributed by atoms with Crippen LogP contribution in [0.5, 0.6) is 0 Å². The van der Waals surface area contributed by atoms with Crippen LogP contribution in [0, 0.1) is 12.3 Å². The van der Waals surface area contributed by atoms with Gasteiger partial charge in [0.05, 0.1) is 6.10 Å². The molecule has 0 heterocycles. The number of terminal acetylenes is 1. The van der Waals surface area contributed by atoms with E-state index in [-0.39, 0.29) is 6.54 Å². The molecule has 2 heteroatoms. The smallest absolute Gasteiger partial charge is 0.0924 e. The van der Waals surface area contributed by atoms with Gasteiger partial charge in [-0.1, -0.05) is 24.1 Å². The van der Waals surface area contributed by atoms with Crippen molar-refractivity contribution in [3.8, 4) is 12.3 Å². The number of hydrogen-bond donors (Lipinski definition) is 2. The van der Waals surface area contributed by atoms with Crippen LogP contribution in [0.25, 0.3) is 0 Å². The summed E-state index contributed by atoms with van der Waals surface area (Å²) >= 11 is 0. The number of nitrogens with two attached hydrogens (primary N) is 1. The fourth-order valence-electron chi connectivity index (χ4n) is 1.05. The van der Waals surface area contributed by atoms with Gasteiger partial charge in [-0.25, -0.2) is 0 Å². The summed E-state index contributed by atoms with van der Waals surface area (Å²) in [6.45, 7) is 0.193. The number of rotatable bonds is 2. The van der Waals surface area contributed by atoms with E-state index in [0.717, 1.165) is 5.56 Å². The summed E-state index contributed by atoms with van der Waals surface area (Å²) < 4.78 is 0. The highest BCUT2D eigenvalue weighted by Crippen LogP contribution is 2.15. The monoisotopic (exact) mass is 161 g/mol. The first-order valence-corrected chi connectivity index (χ1v) is 3.73. The Morgan fingerprint density at radius 3 is 2.75 bits per heavy atom. The van der Waals surface area contributed by atoms with E-state index < -0.39 is 6.10 Å². The molecule has 0 fully saturated rings. The van der Waals surface area contributed by atoms with Crippen molar-refractivity contribution in [2.45, 2.75) is 6.10 Å². The van der Waals surface area contributed by atoms with Gasteiger partial charge in [0.15, 0.2) is 0 Å². The highest BCUT2D eigenvalue weighted by Gasteiger charge is 2.07. The summed E-state index contributed by atoms with van der Waals surface area (Å²) in [6.07, 6.45) is 4.59. The van der Waals surface area contributed by atoms with Crippen molar-refractivity contribution in [2.75, 3.05) is 6.54 Å². The SMILES string of the molecule is C#Cc1ccccc1C(O)CN. The Hall–Kier alpha value is -1.30. The van der Waals surface area contributed by atoms with E-state index in [0.29, 0.717) is 5.56 Å². The third-order valence-electron chi connectivity index (χ3n) is 1.70. The van der Waals surface area contributed by atoms with Gasteiger partial charge < -0.3 is 10.8 Å². The molecule has 0 saturated heterocycles. The summed E-state index contributed by atoms with van der Waals surface area (Å²) in [7, 11) is 0. The van der Waals surface area contributed by atoms with E-state index in [1.165, 1.54) is 0 Å². The highest BCUT2D eigenvalue weighted by atomic mass is 16.3. The van der Waals surface area contributed by atoms with Gasteiger partial charge in [0.2, 0.25) is 0 Å². The van der Waals surface area contributed by atoms with Crippen LogP contribution in [0.1, 0.15) is 17.2 Å². The molecule has 0 aliphatic rings. The molecule has 2 nitrogen and oxygen atoms in total. The van der Waals surface area contributed by atoms with Gasteiger partial charge in [-0.15, -0.1) is 6.42 Å². The normalized spacial score (nSPS) is 12.1. The average Bonchev–Trinajstić information content (AvgIpc) is 2.16. The molecule has 0 spiro atoms. The molecule has 0 aromatic heterocycles. The summed E-state index contributed by atoms with van der Waals surface area (Å²) in [5, 5.41) is 9.42. The van der Waals surface area contributed by atoms with Gasteiger partial charge >= 0.3 is 0 Å². The molecule has 0 amide bonds. The summed E-state index contributed by atoms with van der Waals surface area (Å²) in [6, 6.07) is 7.23. The van der Waals surface area contributed by atoms with Crippen molar-refractivity contribution in [3.63, 3.8) is 0 Å². The summed E-state index contributed by atoms with van der Waals surface area (Å²) in [5.74, 6) is 2.50. The molecule has 12 heavy (non-hydrogen) atoms. The van der Waals surface area contributed by atoms with Crippen LogP contribution < -0.4 is 5.73 Å². The third kappa shape index (κ3) is 1.65. The average molecular weight is 161 g/mol. The molecular weight excluding hydrogens is 150 g/mol. The standard InChI is InChI=1S/C10H11NO/c1-2-8-5-3-4-6-9(8)10(12)7-11/h1,3-6,10,12H,7,11H2. The lowest BCUT2D eigenvalue weighted by Crippen LogP contribution is -2.12. The predicted octanol–water partition coefficient (Wildman–Crippen LogP) is 0.660. The van der Waals surface area contributed by atoms with Crippen LogP contribution in [-0.2, 0) is 0 Å². The van der Waals surface area contributed by atoms with Crippen molar-refractivity contribution < 1.29 is 5.11 Å².